The first kappa shape index (κ1) is 18.0. The zero-order valence-electron chi connectivity index (χ0n) is 14.2. The predicted molar refractivity (Wildman–Crippen MR) is 90.5 cm³/mol. The Bertz CT molecular complexity index is 644. The van der Waals surface area contributed by atoms with Crippen LogP contribution in [-0.2, 0) is 11.8 Å². The van der Waals surface area contributed by atoms with E-state index >= 15 is 0 Å². The second-order valence-corrected chi connectivity index (χ2v) is 5.68. The second-order valence-electron chi connectivity index (χ2n) is 5.68. The SMILES string of the molecule is COC[C@H](O)CN(C)C(=O)N[C@@H](c1ccccc1)c1nccn1C. The minimum Gasteiger partial charge on any atom is -0.389 e. The highest BCUT2D eigenvalue weighted by atomic mass is 16.5. The van der Waals surface area contributed by atoms with Crippen molar-refractivity contribution in [1.29, 1.82) is 0 Å². The summed E-state index contributed by atoms with van der Waals surface area (Å²) in [4.78, 5) is 18.3. The standard InChI is InChI=1S/C17H24N4O3/c1-20-10-9-18-16(20)15(13-7-5-4-6-8-13)19-17(23)21(2)11-14(22)12-24-3/h4-10,14-15,22H,11-12H2,1-3H3,(H,19,23)/t14-,15+/m1/s1. The van der Waals surface area contributed by atoms with Crippen molar-refractivity contribution in [2.45, 2.75) is 12.1 Å². The van der Waals surface area contributed by atoms with Crippen molar-refractivity contribution in [3.8, 4) is 0 Å². The molecule has 2 N–H and O–H groups in total. The second kappa shape index (κ2) is 8.47. The summed E-state index contributed by atoms with van der Waals surface area (Å²) in [5, 5.41) is 12.8. The normalized spacial score (nSPS) is 13.3. The van der Waals surface area contributed by atoms with Crippen LogP contribution in [0.15, 0.2) is 42.7 Å². The van der Waals surface area contributed by atoms with Crippen LogP contribution in [-0.4, -0.2) is 59.0 Å². The average molecular weight is 332 g/mol. The Balaban J connectivity index is 2.14. The van der Waals surface area contributed by atoms with Crippen LogP contribution < -0.4 is 5.32 Å². The lowest BCUT2D eigenvalue weighted by atomic mass is 10.1. The van der Waals surface area contributed by atoms with Crippen LogP contribution in [0.4, 0.5) is 4.79 Å². The Morgan fingerprint density at radius 3 is 2.71 bits per heavy atom. The summed E-state index contributed by atoms with van der Waals surface area (Å²) < 4.78 is 6.76. The van der Waals surface area contributed by atoms with Crippen LogP contribution in [0.1, 0.15) is 17.4 Å². The summed E-state index contributed by atoms with van der Waals surface area (Å²) >= 11 is 0. The molecule has 2 rings (SSSR count). The first-order valence-electron chi connectivity index (χ1n) is 7.73. The third-order valence-electron chi connectivity index (χ3n) is 3.71. The Kier molecular flexibility index (Phi) is 6.34. The highest BCUT2D eigenvalue weighted by molar-refractivity contribution is 5.74. The number of nitrogens with zero attached hydrogens (tertiary/aromatic N) is 3. The van der Waals surface area contributed by atoms with Gasteiger partial charge in [-0.1, -0.05) is 30.3 Å². The molecular formula is C17H24N4O3. The molecule has 7 nitrogen and oxygen atoms in total. The van der Waals surface area contributed by atoms with E-state index in [2.05, 4.69) is 10.3 Å². The van der Waals surface area contributed by atoms with Gasteiger partial charge in [0.25, 0.3) is 0 Å². The first-order valence-corrected chi connectivity index (χ1v) is 7.73. The molecule has 0 fully saturated rings. The lowest BCUT2D eigenvalue weighted by molar-refractivity contribution is 0.0488. The molecule has 130 valence electrons. The van der Waals surface area contributed by atoms with Crippen molar-refractivity contribution < 1.29 is 14.6 Å². The number of likely N-dealkylation sites (N-methyl/N-ethyl adjacent to an activating group) is 1. The molecular weight excluding hydrogens is 308 g/mol. The summed E-state index contributed by atoms with van der Waals surface area (Å²) in [6.07, 6.45) is 2.81. The van der Waals surface area contributed by atoms with Crippen LogP contribution >= 0.6 is 0 Å². The fraction of sp³-hybridized carbons (Fsp3) is 0.412. The summed E-state index contributed by atoms with van der Waals surface area (Å²) in [6, 6.07) is 8.99. The number of aryl methyl sites for hydroxylation is 1. The lowest BCUT2D eigenvalue weighted by Gasteiger charge is -2.25. The molecule has 0 aliphatic carbocycles. The molecule has 0 aliphatic rings. The van der Waals surface area contributed by atoms with E-state index < -0.39 is 6.10 Å². The molecule has 2 atom stereocenters. The minimum absolute atomic E-state index is 0.180. The van der Waals surface area contributed by atoms with Crippen LogP contribution in [0, 0.1) is 0 Å². The molecule has 1 heterocycles. The Labute approximate surface area is 141 Å². The zero-order chi connectivity index (χ0) is 17.5. The number of aliphatic hydroxyl groups excluding tert-OH is 1. The van der Waals surface area contributed by atoms with E-state index in [-0.39, 0.29) is 25.2 Å². The van der Waals surface area contributed by atoms with Gasteiger partial charge in [-0.25, -0.2) is 9.78 Å². The fourth-order valence-electron chi connectivity index (χ4n) is 2.48. The van der Waals surface area contributed by atoms with Crippen molar-refractivity contribution >= 4 is 6.03 Å². The summed E-state index contributed by atoms with van der Waals surface area (Å²) in [6.45, 7) is 0.362. The maximum atomic E-state index is 12.5. The number of carbonyl (C=O) groups is 1. The van der Waals surface area contributed by atoms with E-state index in [1.807, 2.05) is 48.1 Å². The average Bonchev–Trinajstić information content (AvgIpc) is 2.99. The number of rotatable bonds is 7. The molecule has 0 saturated carbocycles. The minimum atomic E-state index is -0.728. The number of hydrogen-bond acceptors (Lipinski definition) is 4. The van der Waals surface area contributed by atoms with Gasteiger partial charge < -0.3 is 24.6 Å². The first-order chi connectivity index (χ1) is 11.5. The quantitative estimate of drug-likeness (QED) is 0.797. The number of methoxy groups -OCH3 is 1. The third kappa shape index (κ3) is 4.56. The Morgan fingerprint density at radius 2 is 2.12 bits per heavy atom. The van der Waals surface area contributed by atoms with Crippen LogP contribution in [0.3, 0.4) is 0 Å². The van der Waals surface area contributed by atoms with E-state index in [0.717, 1.165) is 11.4 Å². The number of aromatic nitrogens is 2. The molecule has 1 aromatic heterocycles. The van der Waals surface area contributed by atoms with Crippen molar-refractivity contribution in [3.05, 3.63) is 54.1 Å². The van der Waals surface area contributed by atoms with Gasteiger partial charge in [0.15, 0.2) is 0 Å². The molecule has 0 radical (unpaired) electrons. The molecule has 0 spiro atoms. The molecule has 0 saturated heterocycles. The number of urea groups is 1. The van der Waals surface area contributed by atoms with Crippen molar-refractivity contribution in [2.75, 3.05) is 27.3 Å². The van der Waals surface area contributed by atoms with Gasteiger partial charge in [-0.15, -0.1) is 0 Å². The molecule has 2 amide bonds. The third-order valence-corrected chi connectivity index (χ3v) is 3.71. The number of amides is 2. The van der Waals surface area contributed by atoms with Gasteiger partial charge in [0, 0.05) is 33.6 Å². The van der Waals surface area contributed by atoms with E-state index in [1.165, 1.54) is 12.0 Å². The highest BCUT2D eigenvalue weighted by Gasteiger charge is 2.23. The van der Waals surface area contributed by atoms with E-state index in [1.54, 1.807) is 13.2 Å². The molecule has 1 aromatic carbocycles. The van der Waals surface area contributed by atoms with Crippen molar-refractivity contribution in [2.24, 2.45) is 7.05 Å². The monoisotopic (exact) mass is 332 g/mol. The number of aliphatic hydroxyl groups is 1. The number of hydrogen-bond donors (Lipinski definition) is 2. The van der Waals surface area contributed by atoms with Crippen LogP contribution in [0.25, 0.3) is 0 Å². The summed E-state index contributed by atoms with van der Waals surface area (Å²) in [7, 11) is 5.03. The number of imidazole rings is 1. The van der Waals surface area contributed by atoms with Gasteiger partial charge in [-0.05, 0) is 5.56 Å². The number of carbonyl (C=O) groups excluding carboxylic acids is 1. The number of benzene rings is 1. The Hall–Kier alpha value is -2.38. The number of nitrogens with one attached hydrogen (secondary N) is 1. The number of ether oxygens (including phenoxy) is 1. The lowest BCUT2D eigenvalue weighted by Crippen LogP contribution is -2.44. The smallest absolute Gasteiger partial charge is 0.318 e. The maximum absolute atomic E-state index is 12.5. The van der Waals surface area contributed by atoms with E-state index in [9.17, 15) is 9.90 Å². The molecule has 2 aromatic rings. The predicted octanol–water partition coefficient (Wildman–Crippen LogP) is 1.16. The largest absolute Gasteiger partial charge is 0.389 e. The topological polar surface area (TPSA) is 79.6 Å². The van der Waals surface area contributed by atoms with Gasteiger partial charge in [-0.2, -0.15) is 0 Å². The summed E-state index contributed by atoms with van der Waals surface area (Å²) in [5.74, 6) is 0.736. The van der Waals surface area contributed by atoms with Gasteiger partial charge in [-0.3, -0.25) is 0 Å². The van der Waals surface area contributed by atoms with Crippen molar-refractivity contribution in [3.63, 3.8) is 0 Å². The van der Waals surface area contributed by atoms with Crippen LogP contribution in [0.2, 0.25) is 0 Å². The fourth-order valence-corrected chi connectivity index (χ4v) is 2.48. The van der Waals surface area contributed by atoms with Gasteiger partial charge in [0.05, 0.1) is 19.3 Å². The van der Waals surface area contributed by atoms with Crippen molar-refractivity contribution in [1.82, 2.24) is 19.8 Å². The Morgan fingerprint density at radius 1 is 1.42 bits per heavy atom. The molecule has 0 bridgehead atoms. The van der Waals surface area contributed by atoms with E-state index in [4.69, 9.17) is 4.74 Å². The van der Waals surface area contributed by atoms with Crippen LogP contribution in [0.5, 0.6) is 0 Å². The van der Waals surface area contributed by atoms with Gasteiger partial charge >= 0.3 is 6.03 Å². The maximum Gasteiger partial charge on any atom is 0.318 e. The van der Waals surface area contributed by atoms with E-state index in [0.29, 0.717) is 0 Å². The summed E-state index contributed by atoms with van der Waals surface area (Å²) in [5.41, 5.74) is 0.936. The molecule has 24 heavy (non-hydrogen) atoms. The highest BCUT2D eigenvalue weighted by Crippen LogP contribution is 2.20. The molecule has 7 heteroatoms. The molecule has 0 unspecified atom stereocenters. The van der Waals surface area contributed by atoms with Gasteiger partial charge in [0.2, 0.25) is 0 Å². The zero-order valence-corrected chi connectivity index (χ0v) is 14.2. The molecule has 0 aliphatic heterocycles. The van der Waals surface area contributed by atoms with Gasteiger partial charge in [0.1, 0.15) is 11.9 Å².